The van der Waals surface area contributed by atoms with E-state index in [1.807, 2.05) is 0 Å². The minimum absolute atomic E-state index is 0.0288. The highest BCUT2D eigenvalue weighted by Gasteiger charge is 2.30. The molecule has 0 aromatic heterocycles. The minimum atomic E-state index is -0.972. The Labute approximate surface area is 266 Å². The normalized spacial score (nSPS) is 12.7. The highest BCUT2D eigenvalue weighted by atomic mass is 16.5. The third-order valence-corrected chi connectivity index (χ3v) is 7.30. The SMILES string of the molecule is CCCCCCCCC=CCCCCCCCC(=O)NCCOCCNC(=O)CCC(=O)N[C@H](C(=O)C(=O)[C@H](C)N)C(C)C. The second-order valence-electron chi connectivity index (χ2n) is 12.0. The quantitative estimate of drug-likeness (QED) is 0.0536. The van der Waals surface area contributed by atoms with E-state index in [-0.39, 0.29) is 43.7 Å². The number of Topliss-reactive ketones (excluding diaryl/α,β-unsaturated/α-hetero) is 2. The van der Waals surface area contributed by atoms with Gasteiger partial charge in [-0.15, -0.1) is 0 Å². The fraction of sp³-hybridized carbons (Fsp3) is 0.794. The van der Waals surface area contributed by atoms with Crippen LogP contribution in [0.3, 0.4) is 0 Å². The van der Waals surface area contributed by atoms with E-state index in [1.54, 1.807) is 13.8 Å². The van der Waals surface area contributed by atoms with Crippen molar-refractivity contribution in [3.05, 3.63) is 12.2 Å². The molecule has 0 aliphatic rings. The van der Waals surface area contributed by atoms with E-state index < -0.39 is 29.6 Å². The Balaban J connectivity index is 3.69. The topological polar surface area (TPSA) is 157 Å². The van der Waals surface area contributed by atoms with Gasteiger partial charge in [-0.1, -0.05) is 84.3 Å². The molecule has 0 aromatic rings. The Kier molecular flexibility index (Phi) is 26.3. The van der Waals surface area contributed by atoms with Gasteiger partial charge in [-0.05, 0) is 44.9 Å². The van der Waals surface area contributed by atoms with Crippen LogP contribution in [0.4, 0.5) is 0 Å². The van der Waals surface area contributed by atoms with Crippen molar-refractivity contribution in [1.29, 1.82) is 0 Å². The molecule has 0 heterocycles. The second kappa shape index (κ2) is 27.9. The molecule has 0 saturated carbocycles. The lowest BCUT2D eigenvalue weighted by molar-refractivity contribution is -0.140. The molecule has 0 spiro atoms. The summed E-state index contributed by atoms with van der Waals surface area (Å²) in [6, 6.07) is -1.91. The fourth-order valence-corrected chi connectivity index (χ4v) is 4.55. The van der Waals surface area contributed by atoms with E-state index in [4.69, 9.17) is 10.5 Å². The average molecular weight is 623 g/mol. The van der Waals surface area contributed by atoms with Crippen LogP contribution in [0.5, 0.6) is 0 Å². The van der Waals surface area contributed by atoms with Crippen LogP contribution >= 0.6 is 0 Å². The van der Waals surface area contributed by atoms with Crippen LogP contribution in [-0.4, -0.2) is 67.7 Å². The molecule has 0 rings (SSSR count). The van der Waals surface area contributed by atoms with Crippen LogP contribution in [0.15, 0.2) is 12.2 Å². The predicted octanol–water partition coefficient (Wildman–Crippen LogP) is 4.68. The van der Waals surface area contributed by atoms with Crippen LogP contribution in [-0.2, 0) is 28.7 Å². The first-order chi connectivity index (χ1) is 21.1. The molecule has 254 valence electrons. The number of rotatable bonds is 29. The molecule has 0 saturated heterocycles. The second-order valence-corrected chi connectivity index (χ2v) is 12.0. The zero-order chi connectivity index (χ0) is 33.0. The number of nitrogens with two attached hydrogens (primary N) is 1. The maximum absolute atomic E-state index is 12.3. The van der Waals surface area contributed by atoms with Crippen molar-refractivity contribution >= 4 is 29.3 Å². The number of amides is 3. The summed E-state index contributed by atoms with van der Waals surface area (Å²) in [7, 11) is 0. The first-order valence-electron chi connectivity index (χ1n) is 17.0. The van der Waals surface area contributed by atoms with E-state index in [2.05, 4.69) is 35.0 Å². The zero-order valence-corrected chi connectivity index (χ0v) is 28.1. The first-order valence-corrected chi connectivity index (χ1v) is 17.0. The molecule has 2 atom stereocenters. The maximum atomic E-state index is 12.3. The number of hydrogen-bond acceptors (Lipinski definition) is 7. The van der Waals surface area contributed by atoms with Crippen molar-refractivity contribution in [3.63, 3.8) is 0 Å². The molecular formula is C34H62N4O6. The molecular weight excluding hydrogens is 560 g/mol. The Morgan fingerprint density at radius 1 is 0.636 bits per heavy atom. The third kappa shape index (κ3) is 23.8. The van der Waals surface area contributed by atoms with E-state index in [0.717, 1.165) is 25.7 Å². The standard InChI is InChI=1S/C34H62N4O6/c1-5-6-7-8-9-10-11-12-13-14-15-16-17-18-19-20-29(39)36-23-25-44-26-24-37-30(40)21-22-31(41)38-32(27(2)3)34(43)33(42)28(4)35/h12-13,27-28,32H,5-11,14-26,35H2,1-4H3,(H,36,39)(H,37,40)(H,38,41)/t28-,32-/m0/s1. The summed E-state index contributed by atoms with van der Waals surface area (Å²) in [5, 5.41) is 8.06. The highest BCUT2D eigenvalue weighted by Crippen LogP contribution is 2.10. The number of nitrogens with one attached hydrogen (secondary N) is 3. The molecule has 0 unspecified atom stereocenters. The lowest BCUT2D eigenvalue weighted by Crippen LogP contribution is -2.50. The van der Waals surface area contributed by atoms with E-state index in [9.17, 15) is 24.0 Å². The number of hydrogen-bond donors (Lipinski definition) is 4. The van der Waals surface area contributed by atoms with Gasteiger partial charge in [-0.3, -0.25) is 24.0 Å². The summed E-state index contributed by atoms with van der Waals surface area (Å²) >= 11 is 0. The Morgan fingerprint density at radius 2 is 1.11 bits per heavy atom. The molecule has 10 heteroatoms. The van der Waals surface area contributed by atoms with Gasteiger partial charge in [-0.25, -0.2) is 0 Å². The average Bonchev–Trinajstić information content (AvgIpc) is 2.99. The van der Waals surface area contributed by atoms with Gasteiger partial charge in [0, 0.05) is 32.4 Å². The van der Waals surface area contributed by atoms with Gasteiger partial charge in [0.05, 0.1) is 25.3 Å². The van der Waals surface area contributed by atoms with Gasteiger partial charge >= 0.3 is 0 Å². The molecule has 0 bridgehead atoms. The number of allylic oxidation sites excluding steroid dienone is 2. The molecule has 5 N–H and O–H groups in total. The van der Waals surface area contributed by atoms with Crippen molar-refractivity contribution in [2.75, 3.05) is 26.3 Å². The van der Waals surface area contributed by atoms with Crippen molar-refractivity contribution in [1.82, 2.24) is 16.0 Å². The molecule has 0 aliphatic heterocycles. The van der Waals surface area contributed by atoms with Crippen LogP contribution < -0.4 is 21.7 Å². The number of ether oxygens (including phenoxy) is 1. The molecule has 3 amide bonds. The fourth-order valence-electron chi connectivity index (χ4n) is 4.55. The minimum Gasteiger partial charge on any atom is -0.378 e. The summed E-state index contributed by atoms with van der Waals surface area (Å²) in [5.41, 5.74) is 5.49. The van der Waals surface area contributed by atoms with Crippen molar-refractivity contribution in [2.24, 2.45) is 11.7 Å². The summed E-state index contributed by atoms with van der Waals surface area (Å²) in [4.78, 5) is 60.4. The largest absolute Gasteiger partial charge is 0.378 e. The van der Waals surface area contributed by atoms with Gasteiger partial charge in [0.25, 0.3) is 0 Å². The molecule has 44 heavy (non-hydrogen) atoms. The Bertz CT molecular complexity index is 844. The molecule has 0 aliphatic carbocycles. The molecule has 0 fully saturated rings. The van der Waals surface area contributed by atoms with Gasteiger partial charge < -0.3 is 26.4 Å². The Morgan fingerprint density at radius 3 is 1.64 bits per heavy atom. The monoisotopic (exact) mass is 622 g/mol. The lowest BCUT2D eigenvalue weighted by atomic mass is 9.95. The van der Waals surface area contributed by atoms with Crippen molar-refractivity contribution in [2.45, 2.75) is 143 Å². The maximum Gasteiger partial charge on any atom is 0.222 e. The summed E-state index contributed by atoms with van der Waals surface area (Å²) in [6.07, 6.45) is 21.0. The summed E-state index contributed by atoms with van der Waals surface area (Å²) < 4.78 is 5.44. The van der Waals surface area contributed by atoms with E-state index in [0.29, 0.717) is 19.6 Å². The van der Waals surface area contributed by atoms with Crippen LogP contribution in [0, 0.1) is 5.92 Å². The molecule has 10 nitrogen and oxygen atoms in total. The Hall–Kier alpha value is -2.59. The van der Waals surface area contributed by atoms with Crippen molar-refractivity contribution < 1.29 is 28.7 Å². The van der Waals surface area contributed by atoms with Crippen molar-refractivity contribution in [3.8, 4) is 0 Å². The number of carbonyl (C=O) groups excluding carboxylic acids is 5. The van der Waals surface area contributed by atoms with Gasteiger partial charge in [0.2, 0.25) is 29.3 Å². The smallest absolute Gasteiger partial charge is 0.222 e. The summed E-state index contributed by atoms with van der Waals surface area (Å²) in [6.45, 7) is 8.43. The number of unbranched alkanes of at least 4 members (excludes halogenated alkanes) is 11. The van der Waals surface area contributed by atoms with Gasteiger partial charge in [0.1, 0.15) is 0 Å². The third-order valence-electron chi connectivity index (χ3n) is 7.30. The number of ketones is 2. The summed E-state index contributed by atoms with van der Waals surface area (Å²) in [5.74, 6) is -2.54. The number of carbonyl (C=O) groups is 5. The van der Waals surface area contributed by atoms with E-state index in [1.165, 1.54) is 64.7 Å². The zero-order valence-electron chi connectivity index (χ0n) is 28.1. The predicted molar refractivity (Wildman–Crippen MR) is 176 cm³/mol. The highest BCUT2D eigenvalue weighted by molar-refractivity contribution is 6.41. The van der Waals surface area contributed by atoms with Crippen LogP contribution in [0.1, 0.15) is 130 Å². The molecule has 0 aromatic carbocycles. The first kappa shape index (κ1) is 41.4. The molecule has 0 radical (unpaired) electrons. The van der Waals surface area contributed by atoms with E-state index >= 15 is 0 Å². The van der Waals surface area contributed by atoms with Crippen LogP contribution in [0.2, 0.25) is 0 Å². The van der Waals surface area contributed by atoms with Crippen LogP contribution in [0.25, 0.3) is 0 Å². The lowest BCUT2D eigenvalue weighted by Gasteiger charge is -2.21. The van der Waals surface area contributed by atoms with Gasteiger partial charge in [0.15, 0.2) is 0 Å². The van der Waals surface area contributed by atoms with Gasteiger partial charge in [-0.2, -0.15) is 0 Å².